The topological polar surface area (TPSA) is 66.5 Å². The van der Waals surface area contributed by atoms with Gasteiger partial charge in [0.25, 0.3) is 10.0 Å². The van der Waals surface area contributed by atoms with Crippen LogP contribution in [0.3, 0.4) is 0 Å². The second-order valence-corrected chi connectivity index (χ2v) is 9.17. The van der Waals surface area contributed by atoms with Gasteiger partial charge in [0.05, 0.1) is 16.6 Å². The Morgan fingerprint density at radius 3 is 2.13 bits per heavy atom. The number of anilines is 1. The summed E-state index contributed by atoms with van der Waals surface area (Å²) in [6, 6.07) is 22.6. The summed E-state index contributed by atoms with van der Waals surface area (Å²) >= 11 is 0. The number of hydrogen-bond acceptors (Lipinski definition) is 3. The molecular weight excluding hydrogens is 396 g/mol. The summed E-state index contributed by atoms with van der Waals surface area (Å²) in [4.78, 5) is 13.0. The lowest BCUT2D eigenvalue weighted by Crippen LogP contribution is -2.41. The number of aryl methyl sites for hydroxylation is 2. The highest BCUT2D eigenvalue weighted by atomic mass is 32.2. The number of rotatable bonds is 7. The van der Waals surface area contributed by atoms with Crippen LogP contribution in [0.5, 0.6) is 0 Å². The first-order valence-corrected chi connectivity index (χ1v) is 11.2. The lowest BCUT2D eigenvalue weighted by atomic mass is 10.0. The fourth-order valence-corrected chi connectivity index (χ4v) is 4.88. The van der Waals surface area contributed by atoms with Gasteiger partial charge in [-0.25, -0.2) is 8.42 Å². The zero-order chi connectivity index (χ0) is 21.7. The van der Waals surface area contributed by atoms with Crippen LogP contribution in [0.4, 0.5) is 5.69 Å². The number of carbonyl (C=O) groups excluding carboxylic acids is 1. The first-order valence-electron chi connectivity index (χ1n) is 9.78. The second kappa shape index (κ2) is 9.13. The van der Waals surface area contributed by atoms with Crippen LogP contribution < -0.4 is 9.62 Å². The molecule has 0 saturated carbocycles. The van der Waals surface area contributed by atoms with Gasteiger partial charge in [0.2, 0.25) is 5.91 Å². The summed E-state index contributed by atoms with van der Waals surface area (Å²) in [5, 5.41) is 2.94. The molecule has 0 aliphatic rings. The van der Waals surface area contributed by atoms with E-state index >= 15 is 0 Å². The van der Waals surface area contributed by atoms with Crippen LogP contribution >= 0.6 is 0 Å². The molecule has 0 aliphatic carbocycles. The van der Waals surface area contributed by atoms with Gasteiger partial charge >= 0.3 is 0 Å². The van der Waals surface area contributed by atoms with E-state index in [-0.39, 0.29) is 23.4 Å². The van der Waals surface area contributed by atoms with Crippen LogP contribution in [0, 0.1) is 13.8 Å². The van der Waals surface area contributed by atoms with Crippen molar-refractivity contribution in [2.24, 2.45) is 0 Å². The molecule has 0 fully saturated rings. The highest BCUT2D eigenvalue weighted by Crippen LogP contribution is 2.24. The number of carbonyl (C=O) groups is 1. The van der Waals surface area contributed by atoms with Gasteiger partial charge in [-0.15, -0.1) is 0 Å². The average Bonchev–Trinajstić information content (AvgIpc) is 2.73. The SMILES string of the molecule is Cc1ccc(C(C)NC(=O)CN(c2ccccc2)S(=O)(=O)c2ccccc2)c(C)c1. The largest absolute Gasteiger partial charge is 0.348 e. The van der Waals surface area contributed by atoms with Crippen LogP contribution in [0.1, 0.15) is 29.7 Å². The number of nitrogens with one attached hydrogen (secondary N) is 1. The average molecular weight is 423 g/mol. The molecule has 0 radical (unpaired) electrons. The maximum absolute atomic E-state index is 13.3. The summed E-state index contributed by atoms with van der Waals surface area (Å²) < 4.78 is 27.7. The fourth-order valence-electron chi connectivity index (χ4n) is 3.44. The van der Waals surface area contributed by atoms with Crippen LogP contribution in [0.15, 0.2) is 83.8 Å². The third kappa shape index (κ3) is 4.89. The van der Waals surface area contributed by atoms with Gasteiger partial charge in [-0.05, 0) is 56.2 Å². The predicted octanol–water partition coefficient (Wildman–Crippen LogP) is 4.38. The molecule has 5 nitrogen and oxygen atoms in total. The molecule has 0 heterocycles. The third-order valence-corrected chi connectivity index (χ3v) is 6.72. The molecule has 3 aromatic rings. The molecule has 1 N–H and O–H groups in total. The van der Waals surface area contributed by atoms with E-state index in [9.17, 15) is 13.2 Å². The Hall–Kier alpha value is -3.12. The molecule has 0 bridgehead atoms. The van der Waals surface area contributed by atoms with Crippen molar-refractivity contribution in [2.75, 3.05) is 10.8 Å². The van der Waals surface area contributed by atoms with Crippen molar-refractivity contribution in [3.8, 4) is 0 Å². The van der Waals surface area contributed by atoms with Crippen LogP contribution in [-0.2, 0) is 14.8 Å². The molecule has 1 amide bonds. The highest BCUT2D eigenvalue weighted by Gasteiger charge is 2.27. The molecule has 30 heavy (non-hydrogen) atoms. The van der Waals surface area contributed by atoms with Crippen molar-refractivity contribution >= 4 is 21.6 Å². The quantitative estimate of drug-likeness (QED) is 0.615. The monoisotopic (exact) mass is 422 g/mol. The molecule has 0 aromatic heterocycles. The molecule has 0 spiro atoms. The Kier molecular flexibility index (Phi) is 6.57. The third-order valence-electron chi connectivity index (χ3n) is 4.93. The molecule has 3 rings (SSSR count). The normalized spacial score (nSPS) is 12.2. The van der Waals surface area contributed by atoms with Gasteiger partial charge in [0.15, 0.2) is 0 Å². The summed E-state index contributed by atoms with van der Waals surface area (Å²) in [7, 11) is -3.89. The van der Waals surface area contributed by atoms with E-state index in [1.807, 2.05) is 32.9 Å². The smallest absolute Gasteiger partial charge is 0.264 e. The van der Waals surface area contributed by atoms with Gasteiger partial charge in [0, 0.05) is 0 Å². The maximum Gasteiger partial charge on any atom is 0.264 e. The van der Waals surface area contributed by atoms with Crippen molar-refractivity contribution in [3.63, 3.8) is 0 Å². The first kappa shape index (κ1) is 21.6. The van der Waals surface area contributed by atoms with Gasteiger partial charge < -0.3 is 5.32 Å². The molecular formula is C24H26N2O3S. The summed E-state index contributed by atoms with van der Waals surface area (Å²) in [6.45, 7) is 5.61. The van der Waals surface area contributed by atoms with E-state index in [1.165, 1.54) is 12.1 Å². The van der Waals surface area contributed by atoms with Crippen LogP contribution in [0.25, 0.3) is 0 Å². The zero-order valence-electron chi connectivity index (χ0n) is 17.4. The fraction of sp³-hybridized carbons (Fsp3) is 0.208. The van der Waals surface area contributed by atoms with Crippen molar-refractivity contribution in [2.45, 2.75) is 31.7 Å². The van der Waals surface area contributed by atoms with E-state index in [2.05, 4.69) is 11.4 Å². The first-order chi connectivity index (χ1) is 14.3. The number of nitrogens with zero attached hydrogens (tertiary/aromatic N) is 1. The standard InChI is InChI=1S/C24H26N2O3S/c1-18-14-15-23(19(2)16-18)20(3)25-24(27)17-26(21-10-6-4-7-11-21)30(28,29)22-12-8-5-9-13-22/h4-16,20H,17H2,1-3H3,(H,25,27). The number of benzene rings is 3. The van der Waals surface area contributed by atoms with E-state index in [1.54, 1.807) is 48.5 Å². The Morgan fingerprint density at radius 1 is 0.933 bits per heavy atom. The number of para-hydroxylation sites is 1. The molecule has 0 aliphatic heterocycles. The predicted molar refractivity (Wildman–Crippen MR) is 120 cm³/mol. The summed E-state index contributed by atoms with van der Waals surface area (Å²) in [5.41, 5.74) is 3.68. The summed E-state index contributed by atoms with van der Waals surface area (Å²) in [5.74, 6) is -0.370. The maximum atomic E-state index is 13.3. The Balaban J connectivity index is 1.86. The van der Waals surface area contributed by atoms with Crippen LogP contribution in [0.2, 0.25) is 0 Å². The lowest BCUT2D eigenvalue weighted by molar-refractivity contribution is -0.120. The number of hydrogen-bond donors (Lipinski definition) is 1. The van der Waals surface area contributed by atoms with Crippen molar-refractivity contribution in [3.05, 3.63) is 95.6 Å². The van der Waals surface area contributed by atoms with Crippen LogP contribution in [-0.4, -0.2) is 20.9 Å². The zero-order valence-corrected chi connectivity index (χ0v) is 18.2. The van der Waals surface area contributed by atoms with E-state index in [0.717, 1.165) is 21.0 Å². The van der Waals surface area contributed by atoms with Crippen molar-refractivity contribution in [1.29, 1.82) is 0 Å². The van der Waals surface area contributed by atoms with Crippen molar-refractivity contribution in [1.82, 2.24) is 5.32 Å². The molecule has 1 atom stereocenters. The van der Waals surface area contributed by atoms with E-state index in [0.29, 0.717) is 5.69 Å². The highest BCUT2D eigenvalue weighted by molar-refractivity contribution is 7.92. The van der Waals surface area contributed by atoms with Gasteiger partial charge in [-0.3, -0.25) is 9.10 Å². The van der Waals surface area contributed by atoms with Gasteiger partial charge in [-0.2, -0.15) is 0 Å². The van der Waals surface area contributed by atoms with Gasteiger partial charge in [-0.1, -0.05) is 60.2 Å². The Bertz CT molecular complexity index is 1110. The second-order valence-electron chi connectivity index (χ2n) is 7.31. The number of sulfonamides is 1. The minimum Gasteiger partial charge on any atom is -0.348 e. The Labute approximate surface area is 178 Å². The molecule has 156 valence electrons. The molecule has 1 unspecified atom stereocenters. The molecule has 3 aromatic carbocycles. The summed E-state index contributed by atoms with van der Waals surface area (Å²) in [6.07, 6.45) is 0. The molecule has 6 heteroatoms. The van der Waals surface area contributed by atoms with Gasteiger partial charge in [0.1, 0.15) is 6.54 Å². The van der Waals surface area contributed by atoms with Crippen molar-refractivity contribution < 1.29 is 13.2 Å². The minimum absolute atomic E-state index is 0.143. The minimum atomic E-state index is -3.89. The molecule has 0 saturated heterocycles. The lowest BCUT2D eigenvalue weighted by Gasteiger charge is -2.25. The number of amides is 1. The van der Waals surface area contributed by atoms with E-state index in [4.69, 9.17) is 0 Å². The van der Waals surface area contributed by atoms with E-state index < -0.39 is 10.0 Å². The Morgan fingerprint density at radius 2 is 1.53 bits per heavy atom.